The Morgan fingerprint density at radius 2 is 2.24 bits per heavy atom. The highest BCUT2D eigenvalue weighted by Crippen LogP contribution is 2.51. The molecule has 1 atom stereocenters. The van der Waals surface area contributed by atoms with Crippen LogP contribution in [0.3, 0.4) is 0 Å². The summed E-state index contributed by atoms with van der Waals surface area (Å²) in [5, 5.41) is 18.8. The van der Waals surface area contributed by atoms with Crippen molar-refractivity contribution in [2.45, 2.75) is 24.4 Å². The van der Waals surface area contributed by atoms with Gasteiger partial charge in [0.2, 0.25) is 0 Å². The maximum absolute atomic E-state index is 10.9. The van der Waals surface area contributed by atoms with Gasteiger partial charge in [-0.15, -0.1) is 0 Å². The Balaban J connectivity index is 2.13. The minimum atomic E-state index is -1.36. The number of aliphatic hydroxyl groups is 1. The quantitative estimate of drug-likeness (QED) is 0.821. The van der Waals surface area contributed by atoms with Crippen LogP contribution in [0.4, 0.5) is 0 Å². The molecule has 0 saturated heterocycles. The molecule has 17 heavy (non-hydrogen) atoms. The van der Waals surface area contributed by atoms with E-state index in [2.05, 4.69) is 4.98 Å². The second kappa shape index (κ2) is 3.30. The van der Waals surface area contributed by atoms with E-state index in [0.29, 0.717) is 12.8 Å². The highest BCUT2D eigenvalue weighted by atomic mass is 16.4. The lowest BCUT2D eigenvalue weighted by molar-refractivity contribution is -0.148. The summed E-state index contributed by atoms with van der Waals surface area (Å²) in [6.07, 6.45) is 3.51. The van der Waals surface area contributed by atoms with Crippen molar-refractivity contribution in [3.8, 4) is 0 Å². The molecule has 0 aromatic carbocycles. The average molecular weight is 232 g/mol. The van der Waals surface area contributed by atoms with Gasteiger partial charge in [-0.2, -0.15) is 0 Å². The van der Waals surface area contributed by atoms with E-state index in [4.69, 9.17) is 5.11 Å². The van der Waals surface area contributed by atoms with Crippen LogP contribution in [0.25, 0.3) is 5.65 Å². The van der Waals surface area contributed by atoms with Crippen LogP contribution in [-0.4, -0.2) is 31.7 Å². The van der Waals surface area contributed by atoms with Crippen LogP contribution in [0, 0.1) is 0 Å². The Hall–Kier alpha value is -1.88. The highest BCUT2D eigenvalue weighted by Gasteiger charge is 2.55. The molecule has 0 spiro atoms. The number of carboxylic acids is 1. The van der Waals surface area contributed by atoms with E-state index in [1.54, 1.807) is 6.20 Å². The first-order chi connectivity index (χ1) is 8.15. The van der Waals surface area contributed by atoms with E-state index in [9.17, 15) is 9.90 Å². The fraction of sp³-hybridized carbons (Fsp3) is 0.333. The number of aliphatic hydroxyl groups excluding tert-OH is 1. The summed E-state index contributed by atoms with van der Waals surface area (Å²) in [6.45, 7) is 0. The summed E-state index contributed by atoms with van der Waals surface area (Å²) in [5.74, 6) is -1.17. The van der Waals surface area contributed by atoms with Gasteiger partial charge in [0.25, 0.3) is 0 Å². The summed E-state index contributed by atoms with van der Waals surface area (Å²) in [5.41, 5.74) is 0.890. The molecule has 0 radical (unpaired) electrons. The zero-order valence-corrected chi connectivity index (χ0v) is 9.08. The molecule has 0 bridgehead atoms. The Kier molecular flexibility index (Phi) is 2.00. The molecule has 0 amide bonds. The fourth-order valence-electron chi connectivity index (χ4n) is 2.34. The van der Waals surface area contributed by atoms with Gasteiger partial charge in [-0.3, -0.25) is 0 Å². The van der Waals surface area contributed by atoms with Gasteiger partial charge in [-0.25, -0.2) is 9.78 Å². The normalized spacial score (nSPS) is 19.1. The number of hydrogen-bond donors (Lipinski definition) is 2. The summed E-state index contributed by atoms with van der Waals surface area (Å²) < 4.78 is 1.85. The third-order valence-corrected chi connectivity index (χ3v) is 3.47. The van der Waals surface area contributed by atoms with Crippen LogP contribution >= 0.6 is 0 Å². The molecular formula is C12H12N2O3. The molecule has 1 aliphatic rings. The van der Waals surface area contributed by atoms with Gasteiger partial charge in [-0.05, 0) is 25.0 Å². The Morgan fingerprint density at radius 1 is 1.47 bits per heavy atom. The predicted octanol–water partition coefficient (Wildman–Crippen LogP) is 0.811. The molecule has 2 aromatic heterocycles. The summed E-state index contributed by atoms with van der Waals surface area (Å²) >= 11 is 0. The Morgan fingerprint density at radius 3 is 2.88 bits per heavy atom. The van der Waals surface area contributed by atoms with E-state index in [1.807, 2.05) is 28.8 Å². The molecule has 2 N–H and O–H groups in total. The SMILES string of the molecule is O=C(O)C(O)C1(c2cnc3ccccn23)CC1. The van der Waals surface area contributed by atoms with Crippen molar-refractivity contribution in [1.29, 1.82) is 0 Å². The second-order valence-corrected chi connectivity index (χ2v) is 4.47. The van der Waals surface area contributed by atoms with Crippen LogP contribution in [0.2, 0.25) is 0 Å². The third-order valence-electron chi connectivity index (χ3n) is 3.47. The molecule has 0 aliphatic heterocycles. The number of rotatable bonds is 3. The number of pyridine rings is 1. The van der Waals surface area contributed by atoms with E-state index >= 15 is 0 Å². The highest BCUT2D eigenvalue weighted by molar-refractivity contribution is 5.75. The molecule has 1 saturated carbocycles. The zero-order chi connectivity index (χ0) is 12.0. The Labute approximate surface area is 97.3 Å². The molecule has 2 heterocycles. The predicted molar refractivity (Wildman–Crippen MR) is 59.7 cm³/mol. The molecule has 88 valence electrons. The minimum Gasteiger partial charge on any atom is -0.479 e. The van der Waals surface area contributed by atoms with E-state index < -0.39 is 17.5 Å². The van der Waals surface area contributed by atoms with Crippen molar-refractivity contribution in [2.24, 2.45) is 0 Å². The average Bonchev–Trinajstić information content (AvgIpc) is 3.02. The van der Waals surface area contributed by atoms with Gasteiger partial charge in [0.15, 0.2) is 6.10 Å². The fourth-order valence-corrected chi connectivity index (χ4v) is 2.34. The molecule has 5 heteroatoms. The van der Waals surface area contributed by atoms with E-state index in [-0.39, 0.29) is 0 Å². The van der Waals surface area contributed by atoms with Crippen molar-refractivity contribution < 1.29 is 15.0 Å². The molecule has 1 fully saturated rings. The molecular weight excluding hydrogens is 220 g/mol. The lowest BCUT2D eigenvalue weighted by atomic mass is 9.95. The van der Waals surface area contributed by atoms with Crippen LogP contribution in [0.5, 0.6) is 0 Å². The third kappa shape index (κ3) is 1.36. The van der Waals surface area contributed by atoms with Crippen LogP contribution in [-0.2, 0) is 10.2 Å². The summed E-state index contributed by atoms with van der Waals surface area (Å²) in [7, 11) is 0. The first kappa shape index (κ1) is 10.3. The van der Waals surface area contributed by atoms with Crippen molar-refractivity contribution in [3.05, 3.63) is 36.3 Å². The molecule has 1 aliphatic carbocycles. The van der Waals surface area contributed by atoms with Crippen LogP contribution < -0.4 is 0 Å². The molecule has 5 nitrogen and oxygen atoms in total. The van der Waals surface area contributed by atoms with Crippen molar-refractivity contribution >= 4 is 11.6 Å². The van der Waals surface area contributed by atoms with Crippen molar-refractivity contribution in [2.75, 3.05) is 0 Å². The summed E-state index contributed by atoms with van der Waals surface area (Å²) in [6, 6.07) is 5.59. The van der Waals surface area contributed by atoms with Crippen LogP contribution in [0.15, 0.2) is 30.6 Å². The number of hydrogen-bond acceptors (Lipinski definition) is 3. The first-order valence-electron chi connectivity index (χ1n) is 5.48. The van der Waals surface area contributed by atoms with Gasteiger partial charge >= 0.3 is 5.97 Å². The number of imidazole rings is 1. The first-order valence-corrected chi connectivity index (χ1v) is 5.48. The van der Waals surface area contributed by atoms with Crippen molar-refractivity contribution in [3.63, 3.8) is 0 Å². The lowest BCUT2D eigenvalue weighted by Gasteiger charge is -2.18. The standard InChI is InChI=1S/C12H12N2O3/c15-10(11(16)17)12(4-5-12)8-7-13-9-3-1-2-6-14(8)9/h1-3,6-7,10,15H,4-5H2,(H,16,17). The number of fused-ring (bicyclic) bond motifs is 1. The maximum Gasteiger partial charge on any atom is 0.333 e. The monoisotopic (exact) mass is 232 g/mol. The summed E-state index contributed by atoms with van der Waals surface area (Å²) in [4.78, 5) is 15.2. The smallest absolute Gasteiger partial charge is 0.333 e. The molecule has 3 rings (SSSR count). The van der Waals surface area contributed by atoms with Gasteiger partial charge in [0, 0.05) is 17.8 Å². The number of aromatic nitrogens is 2. The lowest BCUT2D eigenvalue weighted by Crippen LogP contribution is -2.34. The second-order valence-electron chi connectivity index (χ2n) is 4.47. The van der Waals surface area contributed by atoms with Gasteiger partial charge < -0.3 is 14.6 Å². The number of nitrogens with zero attached hydrogens (tertiary/aromatic N) is 2. The largest absolute Gasteiger partial charge is 0.479 e. The Bertz CT molecular complexity index is 586. The topological polar surface area (TPSA) is 74.8 Å². The molecule has 1 unspecified atom stereocenters. The number of carboxylic acid groups (broad SMARTS) is 1. The van der Waals surface area contributed by atoms with Gasteiger partial charge in [0.1, 0.15) is 5.65 Å². The maximum atomic E-state index is 10.9. The zero-order valence-electron chi connectivity index (χ0n) is 9.08. The van der Waals surface area contributed by atoms with Gasteiger partial charge in [-0.1, -0.05) is 6.07 Å². The van der Waals surface area contributed by atoms with Crippen LogP contribution in [0.1, 0.15) is 18.5 Å². The molecule has 2 aromatic rings. The number of aliphatic carboxylic acids is 1. The minimum absolute atomic E-state index is 0.660. The van der Waals surface area contributed by atoms with Crippen molar-refractivity contribution in [1.82, 2.24) is 9.38 Å². The van der Waals surface area contributed by atoms with Gasteiger partial charge in [0.05, 0.1) is 5.69 Å². The van der Waals surface area contributed by atoms with E-state index in [0.717, 1.165) is 11.3 Å². The van der Waals surface area contributed by atoms with E-state index in [1.165, 1.54) is 0 Å². The number of carbonyl (C=O) groups is 1.